The van der Waals surface area contributed by atoms with Crippen LogP contribution in [0.2, 0.25) is 0 Å². The molecule has 140 valence electrons. The number of fused-ring (bicyclic) bond motifs is 1. The highest BCUT2D eigenvalue weighted by Crippen LogP contribution is 2.26. The van der Waals surface area contributed by atoms with Crippen LogP contribution in [0.25, 0.3) is 10.9 Å². The summed E-state index contributed by atoms with van der Waals surface area (Å²) in [7, 11) is -0.541. The largest absolute Gasteiger partial charge is 0.378 e. The molecule has 1 aromatic carbocycles. The molecule has 0 radical (unpaired) electrons. The average Bonchev–Trinajstić information content (AvgIpc) is 3.00. The van der Waals surface area contributed by atoms with Gasteiger partial charge in [-0.25, -0.2) is 12.7 Å². The summed E-state index contributed by atoms with van der Waals surface area (Å²) in [5.74, 6) is -0.0802. The molecule has 0 spiro atoms. The van der Waals surface area contributed by atoms with Gasteiger partial charge in [0.1, 0.15) is 5.69 Å². The summed E-state index contributed by atoms with van der Waals surface area (Å²) >= 11 is 0. The predicted octanol–water partition coefficient (Wildman–Crippen LogP) is 1.55. The lowest BCUT2D eigenvalue weighted by molar-refractivity contribution is 0.0296. The van der Waals surface area contributed by atoms with Crippen molar-refractivity contribution in [3.05, 3.63) is 42.6 Å². The minimum atomic E-state index is -3.53. The van der Waals surface area contributed by atoms with Gasteiger partial charge in [0.15, 0.2) is 0 Å². The van der Waals surface area contributed by atoms with E-state index in [-0.39, 0.29) is 10.8 Å². The molecule has 1 fully saturated rings. The normalized spacial score (nSPS) is 15.6. The Bertz CT molecular complexity index is 941. The molecule has 26 heavy (non-hydrogen) atoms. The highest BCUT2D eigenvalue weighted by molar-refractivity contribution is 7.89. The number of aromatic nitrogens is 1. The van der Waals surface area contributed by atoms with E-state index in [9.17, 15) is 13.2 Å². The Morgan fingerprint density at radius 1 is 1.27 bits per heavy atom. The van der Waals surface area contributed by atoms with E-state index in [1.54, 1.807) is 35.2 Å². The number of allylic oxidation sites excluding steroid dienone is 1. The predicted molar refractivity (Wildman–Crippen MR) is 99.7 cm³/mol. The van der Waals surface area contributed by atoms with Crippen LogP contribution < -0.4 is 0 Å². The van der Waals surface area contributed by atoms with Crippen LogP contribution in [0.15, 0.2) is 41.8 Å². The highest BCUT2D eigenvalue weighted by atomic mass is 32.2. The second-order valence-corrected chi connectivity index (χ2v) is 8.49. The first-order valence-electron chi connectivity index (χ1n) is 8.40. The summed E-state index contributed by atoms with van der Waals surface area (Å²) in [6.45, 7) is 6.39. The molecule has 0 N–H and O–H groups in total. The first kappa shape index (κ1) is 18.6. The van der Waals surface area contributed by atoms with Crippen molar-refractivity contribution in [1.82, 2.24) is 13.8 Å². The number of nitrogens with zero attached hydrogens (tertiary/aromatic N) is 3. The number of rotatable bonds is 5. The van der Waals surface area contributed by atoms with E-state index in [2.05, 4.69) is 6.58 Å². The fraction of sp³-hybridized carbons (Fsp3) is 0.389. The number of morpholine rings is 1. The van der Waals surface area contributed by atoms with E-state index in [0.29, 0.717) is 43.9 Å². The molecule has 3 rings (SSSR count). The third-order valence-electron chi connectivity index (χ3n) is 4.48. The van der Waals surface area contributed by atoms with E-state index >= 15 is 0 Å². The maximum Gasteiger partial charge on any atom is 0.270 e. The van der Waals surface area contributed by atoms with Gasteiger partial charge >= 0.3 is 0 Å². The molecule has 0 atom stereocenters. The van der Waals surface area contributed by atoms with Crippen molar-refractivity contribution < 1.29 is 17.9 Å². The molecule has 1 aliphatic heterocycles. The number of benzene rings is 1. The zero-order valence-corrected chi connectivity index (χ0v) is 15.8. The van der Waals surface area contributed by atoms with Crippen molar-refractivity contribution in [2.75, 3.05) is 40.4 Å². The first-order valence-corrected chi connectivity index (χ1v) is 9.84. The van der Waals surface area contributed by atoms with Gasteiger partial charge in [-0.15, -0.1) is 6.58 Å². The van der Waals surface area contributed by atoms with Gasteiger partial charge in [0.2, 0.25) is 10.0 Å². The van der Waals surface area contributed by atoms with Gasteiger partial charge in [0, 0.05) is 44.6 Å². The van der Waals surface area contributed by atoms with Crippen LogP contribution in [0, 0.1) is 0 Å². The third-order valence-corrected chi connectivity index (χ3v) is 6.29. The minimum Gasteiger partial charge on any atom is -0.378 e. The summed E-state index contributed by atoms with van der Waals surface area (Å²) in [6, 6.07) is 6.68. The fourth-order valence-electron chi connectivity index (χ4n) is 3.05. The molecule has 1 saturated heterocycles. The number of carbonyl (C=O) groups excluding carboxylic acids is 1. The van der Waals surface area contributed by atoms with Crippen LogP contribution in [0.5, 0.6) is 0 Å². The summed E-state index contributed by atoms with van der Waals surface area (Å²) < 4.78 is 33.1. The molecule has 7 nitrogen and oxygen atoms in total. The van der Waals surface area contributed by atoms with Crippen molar-refractivity contribution in [3.8, 4) is 0 Å². The van der Waals surface area contributed by atoms with E-state index in [1.807, 2.05) is 4.57 Å². The molecule has 1 amide bonds. The summed E-state index contributed by atoms with van der Waals surface area (Å²) in [6.07, 6.45) is 1.72. The van der Waals surface area contributed by atoms with E-state index in [0.717, 1.165) is 5.52 Å². The molecular weight excluding hydrogens is 354 g/mol. The SMILES string of the molecule is C=CCn1c(C(=O)N2CCOCC2)cc2cc(S(=O)(=O)N(C)C)ccc21. The standard InChI is InChI=1S/C18H23N3O4S/c1-4-7-21-16-6-5-15(26(23,24)19(2)3)12-14(16)13-17(21)18(22)20-8-10-25-11-9-20/h4-6,12-13H,1,7-11H2,2-3H3. The zero-order chi connectivity index (χ0) is 18.9. The number of ether oxygens (including phenoxy) is 1. The second kappa shape index (κ2) is 7.22. The van der Waals surface area contributed by atoms with Gasteiger partial charge in [0.05, 0.1) is 18.1 Å². The van der Waals surface area contributed by atoms with Crippen LogP contribution in [-0.2, 0) is 21.3 Å². The van der Waals surface area contributed by atoms with Crippen LogP contribution >= 0.6 is 0 Å². The monoisotopic (exact) mass is 377 g/mol. The lowest BCUT2D eigenvalue weighted by Crippen LogP contribution is -2.41. The quantitative estimate of drug-likeness (QED) is 0.741. The van der Waals surface area contributed by atoms with Gasteiger partial charge in [-0.05, 0) is 24.3 Å². The number of sulfonamides is 1. The Labute approximate surface area is 153 Å². The van der Waals surface area contributed by atoms with Gasteiger partial charge < -0.3 is 14.2 Å². The zero-order valence-electron chi connectivity index (χ0n) is 15.0. The number of amides is 1. The van der Waals surface area contributed by atoms with E-state index < -0.39 is 10.0 Å². The second-order valence-electron chi connectivity index (χ2n) is 6.34. The Balaban J connectivity index is 2.09. The molecule has 0 saturated carbocycles. The third kappa shape index (κ3) is 3.27. The van der Waals surface area contributed by atoms with Crippen LogP contribution in [-0.4, -0.2) is 68.5 Å². The Hall–Kier alpha value is -2.16. The van der Waals surface area contributed by atoms with E-state index in [4.69, 9.17) is 4.74 Å². The van der Waals surface area contributed by atoms with Crippen LogP contribution in [0.3, 0.4) is 0 Å². The van der Waals surface area contributed by atoms with Crippen molar-refractivity contribution in [3.63, 3.8) is 0 Å². The Morgan fingerprint density at radius 2 is 1.96 bits per heavy atom. The number of carbonyl (C=O) groups is 1. The van der Waals surface area contributed by atoms with Crippen molar-refractivity contribution >= 4 is 26.8 Å². The van der Waals surface area contributed by atoms with Gasteiger partial charge in [0.25, 0.3) is 5.91 Å². The highest BCUT2D eigenvalue weighted by Gasteiger charge is 2.24. The molecule has 1 aromatic heterocycles. The van der Waals surface area contributed by atoms with Crippen LogP contribution in [0.4, 0.5) is 0 Å². The molecule has 2 aromatic rings. The van der Waals surface area contributed by atoms with Crippen molar-refractivity contribution in [2.45, 2.75) is 11.4 Å². The van der Waals surface area contributed by atoms with E-state index in [1.165, 1.54) is 18.4 Å². The van der Waals surface area contributed by atoms with Crippen LogP contribution in [0.1, 0.15) is 10.5 Å². The summed E-state index contributed by atoms with van der Waals surface area (Å²) in [4.78, 5) is 14.9. The number of hydrogen-bond acceptors (Lipinski definition) is 4. The van der Waals surface area contributed by atoms with Gasteiger partial charge in [-0.2, -0.15) is 0 Å². The smallest absolute Gasteiger partial charge is 0.270 e. The first-order chi connectivity index (χ1) is 12.4. The molecule has 0 unspecified atom stereocenters. The van der Waals surface area contributed by atoms with Crippen molar-refractivity contribution in [1.29, 1.82) is 0 Å². The number of hydrogen-bond donors (Lipinski definition) is 0. The lowest BCUT2D eigenvalue weighted by atomic mass is 10.2. The molecule has 1 aliphatic rings. The summed E-state index contributed by atoms with van der Waals surface area (Å²) in [5.41, 5.74) is 1.33. The Kier molecular flexibility index (Phi) is 5.17. The van der Waals surface area contributed by atoms with Gasteiger partial charge in [-0.1, -0.05) is 6.08 Å². The van der Waals surface area contributed by atoms with Crippen molar-refractivity contribution in [2.24, 2.45) is 0 Å². The van der Waals surface area contributed by atoms with Gasteiger partial charge in [-0.3, -0.25) is 4.79 Å². The molecular formula is C18H23N3O4S. The maximum atomic E-state index is 12.9. The lowest BCUT2D eigenvalue weighted by Gasteiger charge is -2.27. The minimum absolute atomic E-state index is 0.0802. The molecule has 2 heterocycles. The average molecular weight is 377 g/mol. The molecule has 8 heteroatoms. The molecule has 0 aliphatic carbocycles. The maximum absolute atomic E-state index is 12.9. The summed E-state index contributed by atoms with van der Waals surface area (Å²) in [5, 5.41) is 0.714. The molecule has 0 bridgehead atoms. The fourth-order valence-corrected chi connectivity index (χ4v) is 3.99. The Morgan fingerprint density at radius 3 is 2.58 bits per heavy atom. The topological polar surface area (TPSA) is 71.8 Å².